The Labute approximate surface area is 167 Å². The van der Waals surface area contributed by atoms with Crippen LogP contribution in [0.5, 0.6) is 0 Å². The number of aryl methyl sites for hydroxylation is 1. The summed E-state index contributed by atoms with van der Waals surface area (Å²) in [5.74, 6) is -0.0952. The summed E-state index contributed by atoms with van der Waals surface area (Å²) in [6.07, 6.45) is 0. The summed E-state index contributed by atoms with van der Waals surface area (Å²) in [5, 5.41) is 12.0. The molecule has 0 aromatic heterocycles. The first kappa shape index (κ1) is 19.6. The van der Waals surface area contributed by atoms with Gasteiger partial charge in [-0.05, 0) is 36.8 Å². The largest absolute Gasteiger partial charge is 0.336 e. The van der Waals surface area contributed by atoms with Crippen LogP contribution in [-0.2, 0) is 6.54 Å². The molecule has 8 heteroatoms. The van der Waals surface area contributed by atoms with Crippen molar-refractivity contribution in [3.63, 3.8) is 0 Å². The smallest absolute Gasteiger partial charge is 0.272 e. The number of nitrogens with zero attached hydrogens (tertiary/aromatic N) is 3. The average Bonchev–Trinajstić information content (AvgIpc) is 2.64. The number of nitro benzene ring substituents is 1. The van der Waals surface area contributed by atoms with Gasteiger partial charge < -0.3 is 4.90 Å². The number of hydrogen-bond acceptors (Lipinski definition) is 4. The Kier molecular flexibility index (Phi) is 5.99. The highest BCUT2D eigenvalue weighted by atomic mass is 35.5. The molecule has 1 aliphatic heterocycles. The van der Waals surface area contributed by atoms with Crippen LogP contribution in [0.4, 0.5) is 5.69 Å². The van der Waals surface area contributed by atoms with Gasteiger partial charge in [-0.15, -0.1) is 0 Å². The summed E-state index contributed by atoms with van der Waals surface area (Å²) < 4.78 is 0. The monoisotopic (exact) mass is 407 g/mol. The fourth-order valence-electron chi connectivity index (χ4n) is 3.18. The Morgan fingerprint density at radius 1 is 1.07 bits per heavy atom. The highest BCUT2D eigenvalue weighted by Crippen LogP contribution is 2.24. The number of halogens is 2. The van der Waals surface area contributed by atoms with E-state index in [1.54, 1.807) is 24.0 Å². The molecular formula is C19H19Cl2N3O3. The normalized spacial score (nSPS) is 15.0. The van der Waals surface area contributed by atoms with Crippen LogP contribution >= 0.6 is 23.2 Å². The minimum atomic E-state index is -0.439. The molecule has 1 amide bonds. The highest BCUT2D eigenvalue weighted by molar-refractivity contribution is 6.42. The van der Waals surface area contributed by atoms with Gasteiger partial charge in [-0.1, -0.05) is 29.3 Å². The summed E-state index contributed by atoms with van der Waals surface area (Å²) in [6.45, 7) is 5.10. The van der Waals surface area contributed by atoms with E-state index >= 15 is 0 Å². The van der Waals surface area contributed by atoms with Gasteiger partial charge in [0, 0.05) is 49.9 Å². The maximum absolute atomic E-state index is 12.7. The van der Waals surface area contributed by atoms with Crippen LogP contribution in [-0.4, -0.2) is 46.8 Å². The molecule has 0 aliphatic carbocycles. The van der Waals surface area contributed by atoms with Crippen LogP contribution < -0.4 is 0 Å². The zero-order chi connectivity index (χ0) is 19.6. The quantitative estimate of drug-likeness (QED) is 0.563. The molecule has 0 N–H and O–H groups in total. The number of amides is 1. The molecule has 1 saturated heterocycles. The van der Waals surface area contributed by atoms with Crippen molar-refractivity contribution in [2.75, 3.05) is 26.2 Å². The molecule has 1 aliphatic rings. The Bertz CT molecular complexity index is 880. The van der Waals surface area contributed by atoms with Crippen LogP contribution in [0.1, 0.15) is 21.5 Å². The van der Waals surface area contributed by atoms with Crippen molar-refractivity contribution in [2.45, 2.75) is 13.5 Å². The second kappa shape index (κ2) is 8.25. The lowest BCUT2D eigenvalue weighted by Gasteiger charge is -2.34. The SMILES string of the molecule is Cc1cc(C(=O)N2CCN(Cc3ccc(Cl)c(Cl)c3)CC2)ccc1[N+](=O)[O-]. The predicted molar refractivity (Wildman–Crippen MR) is 105 cm³/mol. The standard InChI is InChI=1S/C19H19Cl2N3O3/c1-13-10-15(3-5-18(13)24(26)27)19(25)23-8-6-22(7-9-23)12-14-2-4-16(20)17(21)11-14/h2-5,10-11H,6-9,12H2,1H3. The van der Waals surface area contributed by atoms with Gasteiger partial charge in [0.15, 0.2) is 0 Å². The van der Waals surface area contributed by atoms with Gasteiger partial charge >= 0.3 is 0 Å². The molecule has 0 unspecified atom stereocenters. The lowest BCUT2D eigenvalue weighted by Crippen LogP contribution is -2.48. The molecule has 0 atom stereocenters. The van der Waals surface area contributed by atoms with Crippen LogP contribution in [0.15, 0.2) is 36.4 Å². The van der Waals surface area contributed by atoms with Gasteiger partial charge in [0.05, 0.1) is 15.0 Å². The van der Waals surface area contributed by atoms with Gasteiger partial charge in [-0.3, -0.25) is 19.8 Å². The summed E-state index contributed by atoms with van der Waals surface area (Å²) in [5.41, 5.74) is 2.08. The van der Waals surface area contributed by atoms with Crippen LogP contribution in [0.25, 0.3) is 0 Å². The van der Waals surface area contributed by atoms with E-state index < -0.39 is 4.92 Å². The van der Waals surface area contributed by atoms with Gasteiger partial charge in [0.25, 0.3) is 11.6 Å². The molecule has 1 heterocycles. The minimum Gasteiger partial charge on any atom is -0.336 e. The van der Waals surface area contributed by atoms with Crippen LogP contribution in [0.2, 0.25) is 10.0 Å². The zero-order valence-electron chi connectivity index (χ0n) is 14.8. The number of nitro groups is 1. The van der Waals surface area contributed by atoms with Gasteiger partial charge in [-0.25, -0.2) is 0 Å². The topological polar surface area (TPSA) is 66.7 Å². The summed E-state index contributed by atoms with van der Waals surface area (Å²) in [6, 6.07) is 10.1. The summed E-state index contributed by atoms with van der Waals surface area (Å²) >= 11 is 12.0. The number of piperazine rings is 1. The Hall–Kier alpha value is -2.15. The molecule has 0 radical (unpaired) electrons. The Morgan fingerprint density at radius 3 is 2.37 bits per heavy atom. The first-order valence-electron chi connectivity index (χ1n) is 8.56. The van der Waals surface area contributed by atoms with Crippen molar-refractivity contribution >= 4 is 34.8 Å². The first-order chi connectivity index (χ1) is 12.8. The van der Waals surface area contributed by atoms with Crippen molar-refractivity contribution in [3.05, 3.63) is 73.2 Å². The average molecular weight is 408 g/mol. The second-order valence-electron chi connectivity index (χ2n) is 6.58. The number of benzene rings is 2. The van der Waals surface area contributed by atoms with Crippen LogP contribution in [0, 0.1) is 17.0 Å². The third-order valence-electron chi connectivity index (χ3n) is 4.69. The maximum Gasteiger partial charge on any atom is 0.272 e. The van der Waals surface area contributed by atoms with Gasteiger partial charge in [0.1, 0.15) is 0 Å². The molecular weight excluding hydrogens is 389 g/mol. The molecule has 142 valence electrons. The lowest BCUT2D eigenvalue weighted by atomic mass is 10.1. The van der Waals surface area contributed by atoms with E-state index in [9.17, 15) is 14.9 Å². The minimum absolute atomic E-state index is 0.0259. The Morgan fingerprint density at radius 2 is 1.78 bits per heavy atom. The number of carbonyl (C=O) groups excluding carboxylic acids is 1. The zero-order valence-corrected chi connectivity index (χ0v) is 16.3. The van der Waals surface area contributed by atoms with Crippen LogP contribution in [0.3, 0.4) is 0 Å². The second-order valence-corrected chi connectivity index (χ2v) is 7.39. The number of rotatable bonds is 4. The predicted octanol–water partition coefficient (Wildman–Crippen LogP) is 4.17. The van der Waals surface area contributed by atoms with E-state index in [0.29, 0.717) is 34.3 Å². The lowest BCUT2D eigenvalue weighted by molar-refractivity contribution is -0.385. The van der Waals surface area contributed by atoms with E-state index in [1.807, 2.05) is 12.1 Å². The third kappa shape index (κ3) is 4.58. The molecule has 1 fully saturated rings. The Balaban J connectivity index is 1.60. The highest BCUT2D eigenvalue weighted by Gasteiger charge is 2.23. The maximum atomic E-state index is 12.7. The molecule has 2 aromatic carbocycles. The van der Waals surface area contributed by atoms with Gasteiger partial charge in [-0.2, -0.15) is 0 Å². The van der Waals surface area contributed by atoms with Crippen molar-refractivity contribution < 1.29 is 9.72 Å². The third-order valence-corrected chi connectivity index (χ3v) is 5.43. The number of carbonyl (C=O) groups is 1. The molecule has 3 rings (SSSR count). The van der Waals surface area contributed by atoms with Crippen molar-refractivity contribution in [2.24, 2.45) is 0 Å². The fourth-order valence-corrected chi connectivity index (χ4v) is 3.50. The van der Waals surface area contributed by atoms with E-state index in [1.165, 1.54) is 12.1 Å². The first-order valence-corrected chi connectivity index (χ1v) is 9.31. The van der Waals surface area contributed by atoms with E-state index in [-0.39, 0.29) is 11.6 Å². The summed E-state index contributed by atoms with van der Waals surface area (Å²) in [4.78, 5) is 27.2. The van der Waals surface area contributed by atoms with E-state index in [2.05, 4.69) is 4.90 Å². The fraction of sp³-hybridized carbons (Fsp3) is 0.316. The van der Waals surface area contributed by atoms with Crippen molar-refractivity contribution in [3.8, 4) is 0 Å². The molecule has 0 bridgehead atoms. The summed E-state index contributed by atoms with van der Waals surface area (Å²) in [7, 11) is 0. The molecule has 2 aromatic rings. The molecule has 0 spiro atoms. The molecule has 6 nitrogen and oxygen atoms in total. The molecule has 27 heavy (non-hydrogen) atoms. The molecule has 0 saturated carbocycles. The van der Waals surface area contributed by atoms with Gasteiger partial charge in [0.2, 0.25) is 0 Å². The van der Waals surface area contributed by atoms with E-state index in [0.717, 1.165) is 25.2 Å². The number of hydrogen-bond donors (Lipinski definition) is 0. The van der Waals surface area contributed by atoms with Crippen molar-refractivity contribution in [1.82, 2.24) is 9.80 Å². The van der Waals surface area contributed by atoms with Crippen molar-refractivity contribution in [1.29, 1.82) is 0 Å². The van der Waals surface area contributed by atoms with E-state index in [4.69, 9.17) is 23.2 Å².